The van der Waals surface area contributed by atoms with Crippen LogP contribution < -0.4 is 0 Å². The summed E-state index contributed by atoms with van der Waals surface area (Å²) in [6.07, 6.45) is 3.95. The van der Waals surface area contributed by atoms with Crippen molar-refractivity contribution in [1.29, 1.82) is 0 Å². The van der Waals surface area contributed by atoms with Crippen LogP contribution in [-0.2, 0) is 16.4 Å². The maximum Gasteiger partial charge on any atom is 0.149 e. The molecule has 0 fully saturated rings. The lowest BCUT2D eigenvalue weighted by Gasteiger charge is -2.05. The van der Waals surface area contributed by atoms with Crippen LogP contribution in [0, 0.1) is 12.0 Å². The summed E-state index contributed by atoms with van der Waals surface area (Å²) in [5.74, 6) is -0.516. The zero-order chi connectivity index (χ0) is 12.6. The fraction of sp³-hybridized carbons (Fsp3) is 0.273. The molecule has 1 radical (unpaired) electrons. The molecule has 0 amide bonds. The number of hydrogen-bond acceptors (Lipinski definition) is 2. The van der Waals surface area contributed by atoms with Gasteiger partial charge in [0.25, 0.3) is 0 Å². The molecular weight excluding hydrogens is 265 g/mol. The molecule has 0 aliphatic rings. The summed E-state index contributed by atoms with van der Waals surface area (Å²) in [5.41, 5.74) is 0.332. The molecule has 1 aromatic carbocycles. The zero-order valence-electron chi connectivity index (χ0n) is 9.07. The summed E-state index contributed by atoms with van der Waals surface area (Å²) >= 11 is 5.72. The highest BCUT2D eigenvalue weighted by atomic mass is 35.5. The Labute approximate surface area is 104 Å². The second kappa shape index (κ2) is 4.31. The first-order chi connectivity index (χ1) is 7.87. The minimum absolute atomic E-state index is 0.0463. The molecule has 0 bridgehead atoms. The second-order valence-electron chi connectivity index (χ2n) is 3.88. The number of hydrogen-bond donors (Lipinski definition) is 0. The molecule has 1 heterocycles. The Kier molecular flexibility index (Phi) is 3.14. The van der Waals surface area contributed by atoms with E-state index in [9.17, 15) is 12.8 Å². The number of nitrogens with zero attached hydrogens (tertiary/aromatic N) is 1. The first-order valence-corrected chi connectivity index (χ1v) is 7.34. The van der Waals surface area contributed by atoms with Crippen molar-refractivity contribution < 1.29 is 12.8 Å². The molecule has 2 aromatic rings. The zero-order valence-corrected chi connectivity index (χ0v) is 10.6. The fourth-order valence-corrected chi connectivity index (χ4v) is 2.35. The molecule has 0 unspecified atom stereocenters. The Hall–Kier alpha value is -1.07. The molecular formula is C11H10ClFNO2S. The summed E-state index contributed by atoms with van der Waals surface area (Å²) in [6.45, 7) is 0.181. The lowest BCUT2D eigenvalue weighted by Crippen LogP contribution is -2.10. The van der Waals surface area contributed by atoms with E-state index in [1.165, 1.54) is 10.6 Å². The van der Waals surface area contributed by atoms with Gasteiger partial charge in [0, 0.05) is 23.2 Å². The molecule has 6 heteroatoms. The highest BCUT2D eigenvalue weighted by molar-refractivity contribution is 7.90. The van der Waals surface area contributed by atoms with Crippen molar-refractivity contribution in [1.82, 2.24) is 4.57 Å². The highest BCUT2D eigenvalue weighted by Gasteiger charge is 2.10. The summed E-state index contributed by atoms with van der Waals surface area (Å²) in [6, 6.07) is 4.41. The maximum atomic E-state index is 13.7. The summed E-state index contributed by atoms with van der Waals surface area (Å²) in [7, 11) is -3.08. The summed E-state index contributed by atoms with van der Waals surface area (Å²) < 4.78 is 37.3. The third-order valence-electron chi connectivity index (χ3n) is 2.39. The van der Waals surface area contributed by atoms with Crippen molar-refractivity contribution in [3.63, 3.8) is 0 Å². The molecule has 0 N–H and O–H groups in total. The third kappa shape index (κ3) is 2.79. The van der Waals surface area contributed by atoms with Crippen molar-refractivity contribution in [3.8, 4) is 0 Å². The van der Waals surface area contributed by atoms with Gasteiger partial charge in [0.05, 0.1) is 17.5 Å². The van der Waals surface area contributed by atoms with Crippen LogP contribution in [0.2, 0.25) is 5.02 Å². The van der Waals surface area contributed by atoms with Crippen LogP contribution in [0.25, 0.3) is 10.9 Å². The minimum atomic E-state index is -3.08. The number of aromatic nitrogens is 1. The van der Waals surface area contributed by atoms with Crippen molar-refractivity contribution in [2.75, 3.05) is 12.0 Å². The SMILES string of the molecule is CS(=O)(=O)CCn1[c]cc2cc(Cl)cc(F)c21. The van der Waals surface area contributed by atoms with E-state index in [0.29, 0.717) is 15.9 Å². The van der Waals surface area contributed by atoms with E-state index in [4.69, 9.17) is 11.6 Å². The minimum Gasteiger partial charge on any atom is -0.336 e. The number of halogens is 2. The molecule has 0 aliphatic carbocycles. The lowest BCUT2D eigenvalue weighted by molar-refractivity contribution is 0.593. The number of sulfone groups is 1. The number of fused-ring (bicyclic) bond motifs is 1. The summed E-state index contributed by atoms with van der Waals surface area (Å²) in [4.78, 5) is 0. The van der Waals surface area contributed by atoms with Gasteiger partial charge in [-0.1, -0.05) is 11.6 Å². The largest absolute Gasteiger partial charge is 0.336 e. The van der Waals surface area contributed by atoms with Gasteiger partial charge < -0.3 is 4.57 Å². The Balaban J connectivity index is 2.43. The van der Waals surface area contributed by atoms with Crippen LogP contribution in [0.15, 0.2) is 18.2 Å². The predicted octanol–water partition coefficient (Wildman–Crippen LogP) is 2.28. The van der Waals surface area contributed by atoms with Crippen LogP contribution in [0.5, 0.6) is 0 Å². The van der Waals surface area contributed by atoms with Gasteiger partial charge in [-0.25, -0.2) is 12.8 Å². The van der Waals surface area contributed by atoms with Gasteiger partial charge in [-0.05, 0) is 18.2 Å². The smallest absolute Gasteiger partial charge is 0.149 e. The van der Waals surface area contributed by atoms with Gasteiger partial charge in [-0.2, -0.15) is 0 Å². The van der Waals surface area contributed by atoms with Crippen LogP contribution in [0.4, 0.5) is 4.39 Å². The molecule has 1 aromatic heterocycles. The fourth-order valence-electron chi connectivity index (χ4n) is 1.63. The Morgan fingerprint density at radius 3 is 2.82 bits per heavy atom. The third-order valence-corrected chi connectivity index (χ3v) is 3.53. The average molecular weight is 275 g/mol. The van der Waals surface area contributed by atoms with E-state index in [2.05, 4.69) is 6.20 Å². The molecule has 17 heavy (non-hydrogen) atoms. The van der Waals surface area contributed by atoms with Crippen molar-refractivity contribution in [2.45, 2.75) is 6.54 Å². The standard InChI is InChI=1S/C11H10ClFNO2S/c1-17(15,16)5-4-14-3-2-8-6-9(12)7-10(13)11(8)14/h2,6-7H,4-5H2,1H3. The van der Waals surface area contributed by atoms with Gasteiger partial charge in [0.2, 0.25) is 0 Å². The quantitative estimate of drug-likeness (QED) is 0.861. The van der Waals surface area contributed by atoms with Crippen molar-refractivity contribution in [2.24, 2.45) is 0 Å². The van der Waals surface area contributed by atoms with Crippen LogP contribution in [0.1, 0.15) is 0 Å². The van der Waals surface area contributed by atoms with Crippen molar-refractivity contribution in [3.05, 3.63) is 35.2 Å². The van der Waals surface area contributed by atoms with Crippen LogP contribution in [-0.4, -0.2) is 25.0 Å². The van der Waals surface area contributed by atoms with Crippen molar-refractivity contribution >= 4 is 32.3 Å². The highest BCUT2D eigenvalue weighted by Crippen LogP contribution is 2.23. The molecule has 0 saturated heterocycles. The van der Waals surface area contributed by atoms with Crippen LogP contribution in [0.3, 0.4) is 0 Å². The molecule has 3 nitrogen and oxygen atoms in total. The topological polar surface area (TPSA) is 39.1 Å². The molecule has 0 spiro atoms. The van der Waals surface area contributed by atoms with Crippen LogP contribution >= 0.6 is 11.6 Å². The van der Waals surface area contributed by atoms with E-state index in [1.807, 2.05) is 0 Å². The Morgan fingerprint density at radius 1 is 1.47 bits per heavy atom. The average Bonchev–Trinajstić information content (AvgIpc) is 2.56. The number of rotatable bonds is 3. The summed E-state index contributed by atoms with van der Waals surface area (Å²) in [5, 5.41) is 0.924. The number of benzene rings is 1. The van der Waals surface area contributed by atoms with E-state index in [-0.39, 0.29) is 12.3 Å². The van der Waals surface area contributed by atoms with Gasteiger partial charge in [-0.15, -0.1) is 0 Å². The van der Waals surface area contributed by atoms with Gasteiger partial charge >= 0.3 is 0 Å². The predicted molar refractivity (Wildman–Crippen MR) is 65.5 cm³/mol. The van der Waals surface area contributed by atoms with Gasteiger partial charge in [0.1, 0.15) is 15.7 Å². The van der Waals surface area contributed by atoms with Gasteiger partial charge in [-0.3, -0.25) is 0 Å². The molecule has 0 saturated carbocycles. The lowest BCUT2D eigenvalue weighted by atomic mass is 10.2. The molecule has 0 atom stereocenters. The van der Waals surface area contributed by atoms with E-state index < -0.39 is 15.7 Å². The Bertz CT molecular complexity index is 663. The molecule has 0 aliphatic heterocycles. The van der Waals surface area contributed by atoms with E-state index in [0.717, 1.165) is 6.26 Å². The number of aryl methyl sites for hydroxylation is 1. The van der Waals surface area contributed by atoms with E-state index >= 15 is 0 Å². The normalized spacial score (nSPS) is 12.2. The molecule has 2 rings (SSSR count). The first kappa shape index (κ1) is 12.4. The Morgan fingerprint density at radius 2 is 2.18 bits per heavy atom. The monoisotopic (exact) mass is 274 g/mol. The second-order valence-corrected chi connectivity index (χ2v) is 6.58. The van der Waals surface area contributed by atoms with Gasteiger partial charge in [0.15, 0.2) is 0 Å². The maximum absolute atomic E-state index is 13.7. The first-order valence-electron chi connectivity index (χ1n) is 4.90. The molecule has 91 valence electrons. The van der Waals surface area contributed by atoms with E-state index in [1.54, 1.807) is 12.1 Å².